The lowest BCUT2D eigenvalue weighted by molar-refractivity contribution is 0.598. The molecule has 7 heteroatoms. The molecule has 2 aromatic carbocycles. The minimum Gasteiger partial charge on any atom is -0.366 e. The van der Waals surface area contributed by atoms with E-state index in [1.165, 1.54) is 30.8 Å². The van der Waals surface area contributed by atoms with Crippen LogP contribution in [0, 0.1) is 19.7 Å². The number of sulfonamides is 1. The van der Waals surface area contributed by atoms with Gasteiger partial charge in [0.2, 0.25) is 0 Å². The van der Waals surface area contributed by atoms with Crippen molar-refractivity contribution in [1.29, 1.82) is 0 Å². The van der Waals surface area contributed by atoms with E-state index in [1.807, 2.05) is 31.2 Å². The van der Waals surface area contributed by atoms with Crippen LogP contribution in [0.1, 0.15) is 16.7 Å². The molecule has 27 heavy (non-hydrogen) atoms. The summed E-state index contributed by atoms with van der Waals surface area (Å²) in [5, 5.41) is 3.19. The fourth-order valence-electron chi connectivity index (χ4n) is 2.46. The molecule has 0 fully saturated rings. The van der Waals surface area contributed by atoms with Crippen LogP contribution in [0.15, 0.2) is 65.7 Å². The molecule has 3 rings (SSSR count). The zero-order valence-electron chi connectivity index (χ0n) is 15.0. The number of aromatic nitrogens is 1. The standard InChI is InChI=1S/C20H20FN3O2S/c1-14-3-5-16(6-4-14)12-22-20-10-7-17(13-23-20)24-27(25,26)18-8-9-19(21)15(2)11-18/h3-11,13,24H,12H2,1-2H3,(H,22,23). The highest BCUT2D eigenvalue weighted by molar-refractivity contribution is 7.92. The van der Waals surface area contributed by atoms with E-state index < -0.39 is 15.8 Å². The Kier molecular flexibility index (Phi) is 5.41. The zero-order valence-corrected chi connectivity index (χ0v) is 15.8. The number of nitrogens with one attached hydrogen (secondary N) is 2. The first-order valence-electron chi connectivity index (χ1n) is 8.38. The lowest BCUT2D eigenvalue weighted by atomic mass is 10.1. The van der Waals surface area contributed by atoms with Gasteiger partial charge in [-0.05, 0) is 55.3 Å². The molecular formula is C20H20FN3O2S. The van der Waals surface area contributed by atoms with Crippen LogP contribution < -0.4 is 10.0 Å². The van der Waals surface area contributed by atoms with Crippen molar-refractivity contribution in [2.24, 2.45) is 0 Å². The maximum absolute atomic E-state index is 13.3. The number of aryl methyl sites for hydroxylation is 2. The summed E-state index contributed by atoms with van der Waals surface area (Å²) < 4.78 is 40.6. The summed E-state index contributed by atoms with van der Waals surface area (Å²) in [6, 6.07) is 15.1. The van der Waals surface area contributed by atoms with E-state index in [2.05, 4.69) is 15.0 Å². The van der Waals surface area contributed by atoms with Crippen LogP contribution in [0.25, 0.3) is 0 Å². The highest BCUT2D eigenvalue weighted by Crippen LogP contribution is 2.19. The van der Waals surface area contributed by atoms with Crippen molar-refractivity contribution < 1.29 is 12.8 Å². The normalized spacial score (nSPS) is 11.2. The lowest BCUT2D eigenvalue weighted by Gasteiger charge is -2.10. The molecule has 1 heterocycles. The Hall–Kier alpha value is -2.93. The highest BCUT2D eigenvalue weighted by Gasteiger charge is 2.15. The van der Waals surface area contributed by atoms with Gasteiger partial charge in [-0.1, -0.05) is 29.8 Å². The molecule has 0 aliphatic carbocycles. The number of hydrogen-bond donors (Lipinski definition) is 2. The van der Waals surface area contributed by atoms with Crippen molar-refractivity contribution >= 4 is 21.5 Å². The van der Waals surface area contributed by atoms with Gasteiger partial charge in [0.15, 0.2) is 0 Å². The van der Waals surface area contributed by atoms with Gasteiger partial charge in [0, 0.05) is 6.54 Å². The number of rotatable bonds is 6. The fraction of sp³-hybridized carbons (Fsp3) is 0.150. The Bertz CT molecular complexity index is 1030. The molecule has 1 aromatic heterocycles. The summed E-state index contributed by atoms with van der Waals surface area (Å²) in [5.41, 5.74) is 2.92. The first-order valence-corrected chi connectivity index (χ1v) is 9.86. The van der Waals surface area contributed by atoms with Crippen LogP contribution in [0.4, 0.5) is 15.9 Å². The monoisotopic (exact) mass is 385 g/mol. The van der Waals surface area contributed by atoms with Crippen LogP contribution in [0.3, 0.4) is 0 Å². The van der Waals surface area contributed by atoms with E-state index in [1.54, 1.807) is 12.1 Å². The van der Waals surface area contributed by atoms with E-state index >= 15 is 0 Å². The third-order valence-electron chi connectivity index (χ3n) is 4.05. The maximum atomic E-state index is 13.3. The van der Waals surface area contributed by atoms with E-state index in [0.717, 1.165) is 11.6 Å². The second-order valence-corrected chi connectivity index (χ2v) is 7.97. The summed E-state index contributed by atoms with van der Waals surface area (Å²) in [7, 11) is -3.80. The Morgan fingerprint density at radius 1 is 1.00 bits per heavy atom. The van der Waals surface area contributed by atoms with Crippen molar-refractivity contribution in [1.82, 2.24) is 4.98 Å². The summed E-state index contributed by atoms with van der Waals surface area (Å²) in [6.45, 7) is 4.17. The minimum absolute atomic E-state index is 0.00275. The van der Waals surface area contributed by atoms with Gasteiger partial charge in [-0.25, -0.2) is 17.8 Å². The van der Waals surface area contributed by atoms with Crippen LogP contribution in [0.2, 0.25) is 0 Å². The second-order valence-electron chi connectivity index (χ2n) is 6.29. The van der Waals surface area contributed by atoms with Gasteiger partial charge < -0.3 is 5.32 Å². The number of benzene rings is 2. The molecule has 0 amide bonds. The number of anilines is 2. The van der Waals surface area contributed by atoms with Gasteiger partial charge in [0.05, 0.1) is 16.8 Å². The van der Waals surface area contributed by atoms with Crippen LogP contribution in [-0.2, 0) is 16.6 Å². The average molecular weight is 385 g/mol. The molecule has 140 valence electrons. The minimum atomic E-state index is -3.80. The van der Waals surface area contributed by atoms with Gasteiger partial charge in [-0.2, -0.15) is 0 Å². The van der Waals surface area contributed by atoms with Gasteiger partial charge in [-0.15, -0.1) is 0 Å². The molecular weight excluding hydrogens is 365 g/mol. The Labute approximate surface area is 158 Å². The van der Waals surface area contributed by atoms with Gasteiger partial charge in [-0.3, -0.25) is 4.72 Å². The highest BCUT2D eigenvalue weighted by atomic mass is 32.2. The largest absolute Gasteiger partial charge is 0.366 e. The fourth-order valence-corrected chi connectivity index (χ4v) is 3.58. The third-order valence-corrected chi connectivity index (χ3v) is 5.43. The summed E-state index contributed by atoms with van der Waals surface area (Å²) in [5.74, 6) is 0.191. The Morgan fingerprint density at radius 2 is 1.74 bits per heavy atom. The van der Waals surface area contributed by atoms with Crippen molar-refractivity contribution in [2.45, 2.75) is 25.3 Å². The molecule has 0 aliphatic heterocycles. The first kappa shape index (κ1) is 18.8. The molecule has 0 aliphatic rings. The second kappa shape index (κ2) is 7.75. The molecule has 2 N–H and O–H groups in total. The predicted molar refractivity (Wildman–Crippen MR) is 105 cm³/mol. The molecule has 3 aromatic rings. The topological polar surface area (TPSA) is 71.1 Å². The SMILES string of the molecule is Cc1ccc(CNc2ccc(NS(=O)(=O)c3ccc(F)c(C)c3)cn2)cc1. The van der Waals surface area contributed by atoms with Crippen LogP contribution in [0.5, 0.6) is 0 Å². The quantitative estimate of drug-likeness (QED) is 0.665. The van der Waals surface area contributed by atoms with Crippen LogP contribution >= 0.6 is 0 Å². The van der Waals surface area contributed by atoms with E-state index in [9.17, 15) is 12.8 Å². The summed E-state index contributed by atoms with van der Waals surface area (Å²) in [6.07, 6.45) is 1.44. The molecule has 0 radical (unpaired) electrons. The number of nitrogens with zero attached hydrogens (tertiary/aromatic N) is 1. The molecule has 5 nitrogen and oxygen atoms in total. The van der Waals surface area contributed by atoms with Gasteiger partial charge in [0.1, 0.15) is 11.6 Å². The van der Waals surface area contributed by atoms with Gasteiger partial charge >= 0.3 is 0 Å². The molecule has 0 bridgehead atoms. The smallest absolute Gasteiger partial charge is 0.261 e. The predicted octanol–water partition coefficient (Wildman–Crippen LogP) is 4.25. The van der Waals surface area contributed by atoms with Crippen molar-refractivity contribution in [3.63, 3.8) is 0 Å². The van der Waals surface area contributed by atoms with E-state index in [0.29, 0.717) is 18.1 Å². The Morgan fingerprint density at radius 3 is 2.37 bits per heavy atom. The Balaban J connectivity index is 1.66. The number of halogens is 1. The zero-order chi connectivity index (χ0) is 19.4. The average Bonchev–Trinajstić information content (AvgIpc) is 2.64. The van der Waals surface area contributed by atoms with E-state index in [-0.39, 0.29) is 10.5 Å². The molecule has 0 spiro atoms. The first-order chi connectivity index (χ1) is 12.8. The van der Waals surface area contributed by atoms with Crippen molar-refractivity contribution in [3.05, 3.63) is 83.3 Å². The third kappa shape index (κ3) is 4.83. The molecule has 0 atom stereocenters. The van der Waals surface area contributed by atoms with Crippen molar-refractivity contribution in [3.8, 4) is 0 Å². The van der Waals surface area contributed by atoms with Gasteiger partial charge in [0.25, 0.3) is 10.0 Å². The number of hydrogen-bond acceptors (Lipinski definition) is 4. The maximum Gasteiger partial charge on any atom is 0.261 e. The molecule has 0 saturated heterocycles. The lowest BCUT2D eigenvalue weighted by Crippen LogP contribution is -2.13. The summed E-state index contributed by atoms with van der Waals surface area (Å²) in [4.78, 5) is 4.23. The number of pyridine rings is 1. The molecule has 0 saturated carbocycles. The van der Waals surface area contributed by atoms with Crippen molar-refractivity contribution in [2.75, 3.05) is 10.0 Å². The summed E-state index contributed by atoms with van der Waals surface area (Å²) >= 11 is 0. The van der Waals surface area contributed by atoms with Crippen LogP contribution in [-0.4, -0.2) is 13.4 Å². The van der Waals surface area contributed by atoms with E-state index in [4.69, 9.17) is 0 Å². The molecule has 0 unspecified atom stereocenters.